The zero-order valence-electron chi connectivity index (χ0n) is 25.0. The van der Waals surface area contributed by atoms with Gasteiger partial charge < -0.3 is 24.7 Å². The Kier molecular flexibility index (Phi) is 7.68. The Morgan fingerprint density at radius 3 is 1.95 bits per heavy atom. The number of ether oxygens (including phenoxy) is 1. The van der Waals surface area contributed by atoms with Crippen molar-refractivity contribution < 1.29 is 9.53 Å². The molecule has 0 aromatic carbocycles. The minimum Gasteiger partial charge on any atom is -0.469 e. The van der Waals surface area contributed by atoms with Gasteiger partial charge in [0.05, 0.1) is 7.11 Å². The Bertz CT molecular complexity index is 1930. The lowest BCUT2D eigenvalue weighted by molar-refractivity contribution is -0.140. The van der Waals surface area contributed by atoms with Crippen molar-refractivity contribution in [2.45, 2.75) is 60.3 Å². The van der Waals surface area contributed by atoms with E-state index in [1.165, 1.54) is 18.2 Å². The van der Waals surface area contributed by atoms with E-state index in [2.05, 4.69) is 92.0 Å². The van der Waals surface area contributed by atoms with Crippen molar-refractivity contribution in [1.82, 2.24) is 19.9 Å². The normalized spacial score (nSPS) is 12.1. The Labute approximate surface area is 241 Å². The van der Waals surface area contributed by atoms with Crippen LogP contribution < -0.4 is 21.4 Å². The Morgan fingerprint density at radius 2 is 1.27 bits per heavy atom. The van der Waals surface area contributed by atoms with Gasteiger partial charge in [0.25, 0.3) is 0 Å². The molecule has 41 heavy (non-hydrogen) atoms. The van der Waals surface area contributed by atoms with Crippen LogP contribution in [0.5, 0.6) is 0 Å². The van der Waals surface area contributed by atoms with Gasteiger partial charge in [0.1, 0.15) is 0 Å². The van der Waals surface area contributed by atoms with Gasteiger partial charge in [-0.05, 0) is 98.2 Å². The lowest BCUT2D eigenvalue weighted by Gasteiger charge is -2.03. The van der Waals surface area contributed by atoms with Gasteiger partial charge in [-0.3, -0.25) is 4.79 Å². The molecule has 0 saturated carbocycles. The van der Waals surface area contributed by atoms with Crippen LogP contribution in [-0.2, 0) is 22.4 Å². The topological polar surface area (TPSA) is 89.5 Å². The molecule has 0 saturated heterocycles. The predicted molar refractivity (Wildman–Crippen MR) is 169 cm³/mol. The highest BCUT2D eigenvalue weighted by atomic mass is 16.5. The van der Waals surface area contributed by atoms with E-state index in [0.29, 0.717) is 12.8 Å². The molecule has 4 aromatic heterocycles. The van der Waals surface area contributed by atoms with Crippen LogP contribution in [0.25, 0.3) is 36.5 Å². The van der Waals surface area contributed by atoms with Gasteiger partial charge >= 0.3 is 5.97 Å². The van der Waals surface area contributed by atoms with E-state index in [4.69, 9.17) is 4.74 Å². The zero-order valence-corrected chi connectivity index (χ0v) is 25.0. The minimum atomic E-state index is -0.215. The first-order valence-electron chi connectivity index (χ1n) is 14.3. The third-order valence-corrected chi connectivity index (χ3v) is 8.51. The maximum Gasteiger partial charge on any atom is 0.305 e. The highest BCUT2D eigenvalue weighted by Gasteiger charge is 2.17. The summed E-state index contributed by atoms with van der Waals surface area (Å²) < 4.78 is 4.97. The van der Waals surface area contributed by atoms with Crippen LogP contribution in [0.2, 0.25) is 0 Å². The highest BCUT2D eigenvalue weighted by molar-refractivity contribution is 5.73. The van der Waals surface area contributed by atoms with Crippen LogP contribution in [-0.4, -0.2) is 33.0 Å². The molecule has 8 bridgehead atoms. The van der Waals surface area contributed by atoms with E-state index in [-0.39, 0.29) is 5.97 Å². The summed E-state index contributed by atoms with van der Waals surface area (Å²) in [6.45, 7) is 19.0. The second kappa shape index (κ2) is 11.2. The molecule has 6 heteroatoms. The number of nitrogens with one attached hydrogen (secondary N) is 4. The molecule has 5 rings (SSSR count). The number of hydrogen-bond donors (Lipinski definition) is 4. The van der Waals surface area contributed by atoms with Gasteiger partial charge in [-0.25, -0.2) is 0 Å². The van der Waals surface area contributed by atoms with Crippen molar-refractivity contribution in [2.24, 2.45) is 0 Å². The number of fused-ring (bicyclic) bond motifs is 8. The molecular formula is C35H40N4O2. The fourth-order valence-electron chi connectivity index (χ4n) is 6.04. The van der Waals surface area contributed by atoms with Crippen LogP contribution in [0, 0.1) is 27.7 Å². The molecule has 4 aromatic rings. The maximum atomic E-state index is 12.1. The summed E-state index contributed by atoms with van der Waals surface area (Å²) in [5.41, 5.74) is 13.2. The van der Waals surface area contributed by atoms with Crippen molar-refractivity contribution in [1.29, 1.82) is 0 Å². The molecule has 212 valence electrons. The number of methoxy groups -OCH3 is 1. The number of rotatable bonds is 7. The number of esters is 1. The van der Waals surface area contributed by atoms with Crippen molar-refractivity contribution in [2.75, 3.05) is 7.11 Å². The minimum absolute atomic E-state index is 0.215. The van der Waals surface area contributed by atoms with E-state index in [1.807, 2.05) is 12.2 Å². The van der Waals surface area contributed by atoms with Crippen LogP contribution in [0.3, 0.4) is 0 Å². The molecule has 0 fully saturated rings. The molecule has 0 spiro atoms. The lowest BCUT2D eigenvalue weighted by Crippen LogP contribution is -2.13. The lowest BCUT2D eigenvalue weighted by atomic mass is 10.0. The summed E-state index contributed by atoms with van der Waals surface area (Å²) in [6.07, 6.45) is 15.4. The van der Waals surface area contributed by atoms with Gasteiger partial charge in [0.2, 0.25) is 0 Å². The Balaban J connectivity index is 1.91. The third kappa shape index (κ3) is 4.99. The van der Waals surface area contributed by atoms with Gasteiger partial charge in [-0.2, -0.15) is 0 Å². The predicted octanol–water partition coefficient (Wildman–Crippen LogP) is 4.21. The van der Waals surface area contributed by atoms with Crippen molar-refractivity contribution in [3.05, 3.63) is 102 Å². The standard InChI is InChI=1S/C35H40N4O2/c1-9-12-25-21(6)28-15-27-19(4)23(10-2)31(36-27)16-29-20(5)24(11-3)32(37-29)17-30-22(7)26(13-14-35(40)41-8)34(39-30)18-33(25)38-28/h10-11,15-18,36-39H,2-3,9,12-14H2,1,4-8H3. The molecule has 0 atom stereocenters. The fraction of sp³-hybridized carbons (Fsp3) is 0.286. The number of hydrogen-bond acceptors (Lipinski definition) is 2. The fourth-order valence-corrected chi connectivity index (χ4v) is 6.04. The molecule has 5 heterocycles. The Hall–Kier alpha value is -4.45. The van der Waals surface area contributed by atoms with E-state index in [0.717, 1.165) is 90.4 Å². The van der Waals surface area contributed by atoms with E-state index in [1.54, 1.807) is 0 Å². The highest BCUT2D eigenvalue weighted by Crippen LogP contribution is 2.23. The second-order valence-corrected chi connectivity index (χ2v) is 10.9. The number of carbonyl (C=O) groups excluding carboxylic acids is 1. The van der Waals surface area contributed by atoms with Gasteiger partial charge in [0, 0.05) is 61.7 Å². The number of carbonyl (C=O) groups is 1. The maximum absolute atomic E-state index is 12.1. The molecular weight excluding hydrogens is 508 g/mol. The van der Waals surface area contributed by atoms with E-state index in [9.17, 15) is 4.79 Å². The first kappa shape index (κ1) is 28.1. The first-order valence-corrected chi connectivity index (χ1v) is 14.3. The summed E-state index contributed by atoms with van der Waals surface area (Å²) in [6, 6.07) is 0. The number of aromatic amines is 4. The average Bonchev–Trinajstić information content (AvgIpc) is 3.61. The largest absolute Gasteiger partial charge is 0.469 e. The summed E-state index contributed by atoms with van der Waals surface area (Å²) in [4.78, 5) is 26.8. The van der Waals surface area contributed by atoms with Crippen LogP contribution >= 0.6 is 0 Å². The molecule has 0 amide bonds. The van der Waals surface area contributed by atoms with Crippen LogP contribution in [0.15, 0.2) is 13.2 Å². The SMILES string of the molecule is C=Cc1c2[nH]c(c1C)C=c1[nH]c(c(CCC)c1C)=Cc1[nH]c(c(C)c1CCC(=O)OC)C=c1[nH]c(c(C)c1C=C)=C2. The summed E-state index contributed by atoms with van der Waals surface area (Å²) in [5, 5.41) is 4.15. The molecule has 1 aliphatic heterocycles. The summed E-state index contributed by atoms with van der Waals surface area (Å²) >= 11 is 0. The molecule has 6 nitrogen and oxygen atoms in total. The average molecular weight is 549 g/mol. The van der Waals surface area contributed by atoms with Crippen molar-refractivity contribution in [3.8, 4) is 0 Å². The summed E-state index contributed by atoms with van der Waals surface area (Å²) in [7, 11) is 1.44. The Morgan fingerprint density at radius 1 is 0.683 bits per heavy atom. The van der Waals surface area contributed by atoms with Crippen molar-refractivity contribution >= 4 is 42.4 Å². The van der Waals surface area contributed by atoms with Gasteiger partial charge in [0.15, 0.2) is 0 Å². The van der Waals surface area contributed by atoms with Crippen LogP contribution in [0.4, 0.5) is 0 Å². The zero-order chi connectivity index (χ0) is 29.4. The number of aromatic nitrogens is 4. The molecule has 4 N–H and O–H groups in total. The van der Waals surface area contributed by atoms with E-state index >= 15 is 0 Å². The molecule has 0 unspecified atom stereocenters. The molecule has 1 aliphatic rings. The second-order valence-electron chi connectivity index (χ2n) is 10.9. The smallest absolute Gasteiger partial charge is 0.305 e. The number of H-pyrrole nitrogens is 4. The van der Waals surface area contributed by atoms with Gasteiger partial charge in [-0.15, -0.1) is 0 Å². The quantitative estimate of drug-likeness (QED) is 0.230. The third-order valence-electron chi connectivity index (χ3n) is 8.51. The molecule has 0 radical (unpaired) electrons. The monoisotopic (exact) mass is 548 g/mol. The van der Waals surface area contributed by atoms with E-state index < -0.39 is 0 Å². The van der Waals surface area contributed by atoms with Crippen molar-refractivity contribution in [3.63, 3.8) is 0 Å². The molecule has 0 aliphatic carbocycles. The first-order chi connectivity index (χ1) is 19.7. The summed E-state index contributed by atoms with van der Waals surface area (Å²) in [5.74, 6) is -0.215. The van der Waals surface area contributed by atoms with Crippen LogP contribution in [0.1, 0.15) is 87.0 Å². The van der Waals surface area contributed by atoms with Gasteiger partial charge in [-0.1, -0.05) is 38.7 Å².